The molecule has 0 saturated carbocycles. The Labute approximate surface area is 171 Å². The van der Waals surface area contributed by atoms with Crippen LogP contribution in [0.25, 0.3) is 5.82 Å². The van der Waals surface area contributed by atoms with Gasteiger partial charge < -0.3 is 10.0 Å². The zero-order valence-electron chi connectivity index (χ0n) is 17.0. The van der Waals surface area contributed by atoms with Crippen molar-refractivity contribution in [1.29, 1.82) is 0 Å². The molecule has 0 spiro atoms. The van der Waals surface area contributed by atoms with Crippen LogP contribution >= 0.6 is 0 Å². The average Bonchev–Trinajstić information content (AvgIpc) is 3.16. The summed E-state index contributed by atoms with van der Waals surface area (Å²) in [6.45, 7) is 6.21. The minimum absolute atomic E-state index is 0.209. The topological polar surface area (TPSA) is 83.3 Å². The second-order valence-corrected chi connectivity index (χ2v) is 7.44. The van der Waals surface area contributed by atoms with E-state index in [1.54, 1.807) is 35.0 Å². The van der Waals surface area contributed by atoms with Crippen LogP contribution in [0.5, 0.6) is 0 Å². The lowest BCUT2D eigenvalue weighted by Gasteiger charge is -2.31. The number of amides is 2. The number of anilines is 1. The van der Waals surface area contributed by atoms with Crippen molar-refractivity contribution in [3.8, 4) is 5.82 Å². The van der Waals surface area contributed by atoms with E-state index in [-0.39, 0.29) is 12.6 Å². The van der Waals surface area contributed by atoms with Crippen molar-refractivity contribution in [2.75, 3.05) is 11.9 Å². The molecular weight excluding hydrogens is 366 g/mol. The lowest BCUT2D eigenvalue weighted by atomic mass is 10.0. The van der Waals surface area contributed by atoms with Crippen LogP contribution in [0.4, 0.5) is 10.6 Å². The second kappa shape index (κ2) is 8.87. The molecular formula is C22H27N5O2. The second-order valence-electron chi connectivity index (χ2n) is 7.44. The van der Waals surface area contributed by atoms with Gasteiger partial charge in [-0.05, 0) is 43.5 Å². The number of benzene rings is 1. The van der Waals surface area contributed by atoms with Crippen LogP contribution in [0.2, 0.25) is 0 Å². The molecule has 7 nitrogen and oxygen atoms in total. The summed E-state index contributed by atoms with van der Waals surface area (Å²) in [6.07, 6.45) is 3.86. The van der Waals surface area contributed by atoms with Gasteiger partial charge in [-0.1, -0.05) is 37.3 Å². The van der Waals surface area contributed by atoms with E-state index in [9.17, 15) is 9.90 Å². The number of aryl methyl sites for hydroxylation is 1. The number of hydrogen-bond donors (Lipinski definition) is 2. The summed E-state index contributed by atoms with van der Waals surface area (Å²) in [7, 11) is 0. The number of aliphatic hydroxyl groups is 1. The van der Waals surface area contributed by atoms with Crippen molar-refractivity contribution >= 4 is 11.8 Å². The fraction of sp³-hybridized carbons (Fsp3) is 0.318. The van der Waals surface area contributed by atoms with E-state index in [1.165, 1.54) is 0 Å². The molecule has 0 saturated heterocycles. The molecule has 3 rings (SSSR count). The number of urea groups is 1. The fourth-order valence-corrected chi connectivity index (χ4v) is 2.93. The van der Waals surface area contributed by atoms with Gasteiger partial charge in [0.2, 0.25) is 0 Å². The third-order valence-electron chi connectivity index (χ3n) is 4.79. The molecule has 0 aliphatic carbocycles. The van der Waals surface area contributed by atoms with Crippen LogP contribution in [-0.4, -0.2) is 42.9 Å². The fourth-order valence-electron chi connectivity index (χ4n) is 2.93. The summed E-state index contributed by atoms with van der Waals surface area (Å²) >= 11 is 0. The molecule has 2 N–H and O–H groups in total. The maximum absolute atomic E-state index is 13.1. The van der Waals surface area contributed by atoms with Crippen LogP contribution in [0.1, 0.15) is 31.4 Å². The molecule has 2 aromatic heterocycles. The van der Waals surface area contributed by atoms with E-state index in [1.807, 2.05) is 56.3 Å². The van der Waals surface area contributed by atoms with Crippen LogP contribution in [0.3, 0.4) is 0 Å². The standard InChI is InChI=1S/C22H27N5O2/c1-4-22(3,29)16-26(15-18-8-6-5-7-9-18)21(28)25-19-11-13-24-27(19)20-14-17(2)10-12-23-20/h5-14,29H,4,15-16H2,1-3H3,(H,25,28). The van der Waals surface area contributed by atoms with E-state index in [0.29, 0.717) is 24.6 Å². The molecule has 0 aliphatic heterocycles. The van der Waals surface area contributed by atoms with Gasteiger partial charge in [-0.3, -0.25) is 5.32 Å². The van der Waals surface area contributed by atoms with Crippen LogP contribution in [-0.2, 0) is 6.54 Å². The Morgan fingerprint density at radius 3 is 2.66 bits per heavy atom. The van der Waals surface area contributed by atoms with Crippen molar-refractivity contribution in [3.63, 3.8) is 0 Å². The van der Waals surface area contributed by atoms with Crippen molar-refractivity contribution in [2.24, 2.45) is 0 Å². The Morgan fingerprint density at radius 1 is 1.21 bits per heavy atom. The Hall–Kier alpha value is -3.19. The van der Waals surface area contributed by atoms with E-state index in [2.05, 4.69) is 15.4 Å². The van der Waals surface area contributed by atoms with E-state index < -0.39 is 5.60 Å². The van der Waals surface area contributed by atoms with Gasteiger partial charge >= 0.3 is 6.03 Å². The van der Waals surface area contributed by atoms with Crippen molar-refractivity contribution in [1.82, 2.24) is 19.7 Å². The van der Waals surface area contributed by atoms with Gasteiger partial charge in [0.1, 0.15) is 5.82 Å². The number of aromatic nitrogens is 3. The maximum Gasteiger partial charge on any atom is 0.323 e. The molecule has 2 amide bonds. The number of pyridine rings is 1. The number of rotatable bonds is 7. The Bertz CT molecular complexity index is 953. The monoisotopic (exact) mass is 393 g/mol. The molecule has 1 atom stereocenters. The zero-order valence-corrected chi connectivity index (χ0v) is 17.0. The molecule has 0 fully saturated rings. The third-order valence-corrected chi connectivity index (χ3v) is 4.79. The van der Waals surface area contributed by atoms with Crippen molar-refractivity contribution in [3.05, 3.63) is 72.1 Å². The minimum atomic E-state index is -0.982. The zero-order chi connectivity index (χ0) is 20.9. The molecule has 1 aromatic carbocycles. The van der Waals surface area contributed by atoms with Gasteiger partial charge in [0, 0.05) is 18.8 Å². The summed E-state index contributed by atoms with van der Waals surface area (Å²) in [5.41, 5.74) is 1.06. The average molecular weight is 393 g/mol. The van der Waals surface area contributed by atoms with E-state index in [0.717, 1.165) is 11.1 Å². The van der Waals surface area contributed by atoms with Crippen molar-refractivity contribution in [2.45, 2.75) is 39.3 Å². The summed E-state index contributed by atoms with van der Waals surface area (Å²) < 4.78 is 1.59. The lowest BCUT2D eigenvalue weighted by molar-refractivity contribution is 0.0264. The highest BCUT2D eigenvalue weighted by molar-refractivity contribution is 5.88. The summed E-state index contributed by atoms with van der Waals surface area (Å²) in [6, 6.07) is 14.9. The molecule has 1 unspecified atom stereocenters. The Kier molecular flexibility index (Phi) is 6.29. The Balaban J connectivity index is 1.82. The predicted molar refractivity (Wildman–Crippen MR) is 113 cm³/mol. The van der Waals surface area contributed by atoms with Gasteiger partial charge in [-0.15, -0.1) is 0 Å². The van der Waals surface area contributed by atoms with Crippen molar-refractivity contribution < 1.29 is 9.90 Å². The van der Waals surface area contributed by atoms with Gasteiger partial charge in [0.05, 0.1) is 18.3 Å². The number of hydrogen-bond acceptors (Lipinski definition) is 4. The minimum Gasteiger partial charge on any atom is -0.388 e. The molecule has 152 valence electrons. The largest absolute Gasteiger partial charge is 0.388 e. The summed E-state index contributed by atoms with van der Waals surface area (Å²) in [4.78, 5) is 19.0. The van der Waals surface area contributed by atoms with E-state index in [4.69, 9.17) is 0 Å². The highest BCUT2D eigenvalue weighted by atomic mass is 16.3. The van der Waals surface area contributed by atoms with Crippen LogP contribution < -0.4 is 5.32 Å². The molecule has 29 heavy (non-hydrogen) atoms. The quantitative estimate of drug-likeness (QED) is 0.640. The molecule has 7 heteroatoms. The van der Waals surface area contributed by atoms with Gasteiger partial charge in [-0.25, -0.2) is 9.78 Å². The molecule has 0 radical (unpaired) electrons. The highest BCUT2D eigenvalue weighted by Crippen LogP contribution is 2.18. The first-order valence-corrected chi connectivity index (χ1v) is 9.67. The lowest BCUT2D eigenvalue weighted by Crippen LogP contribution is -2.45. The first-order valence-electron chi connectivity index (χ1n) is 9.67. The van der Waals surface area contributed by atoms with E-state index >= 15 is 0 Å². The first-order chi connectivity index (χ1) is 13.9. The number of nitrogens with one attached hydrogen (secondary N) is 1. The highest BCUT2D eigenvalue weighted by Gasteiger charge is 2.26. The molecule has 3 aromatic rings. The first kappa shape index (κ1) is 20.5. The smallest absolute Gasteiger partial charge is 0.323 e. The number of nitrogens with zero attached hydrogens (tertiary/aromatic N) is 4. The maximum atomic E-state index is 13.1. The number of carbonyl (C=O) groups is 1. The molecule has 2 heterocycles. The SMILES string of the molecule is CCC(C)(O)CN(Cc1ccccc1)C(=O)Nc1ccnn1-c1cc(C)ccn1. The summed E-state index contributed by atoms with van der Waals surface area (Å²) in [5, 5.41) is 17.8. The molecule has 0 bridgehead atoms. The van der Waals surface area contributed by atoms with Gasteiger partial charge in [-0.2, -0.15) is 9.78 Å². The predicted octanol–water partition coefficient (Wildman–Crippen LogP) is 3.77. The number of carbonyl (C=O) groups excluding carboxylic acids is 1. The third kappa shape index (κ3) is 5.42. The normalized spacial score (nSPS) is 13.0. The van der Waals surface area contributed by atoms with Crippen LogP contribution in [0.15, 0.2) is 60.9 Å². The van der Waals surface area contributed by atoms with Crippen LogP contribution in [0, 0.1) is 6.92 Å². The Morgan fingerprint density at radius 2 is 1.97 bits per heavy atom. The summed E-state index contributed by atoms with van der Waals surface area (Å²) in [5.74, 6) is 1.14. The van der Waals surface area contributed by atoms with Gasteiger partial charge in [0.15, 0.2) is 5.82 Å². The molecule has 0 aliphatic rings. The van der Waals surface area contributed by atoms with Gasteiger partial charge in [0.25, 0.3) is 0 Å².